The molecule has 1 fully saturated rings. The van der Waals surface area contributed by atoms with Crippen LogP contribution in [0.5, 0.6) is 0 Å². The molecule has 1 aliphatic heterocycles. The van der Waals surface area contributed by atoms with Crippen LogP contribution in [0.15, 0.2) is 24.3 Å². The van der Waals surface area contributed by atoms with E-state index >= 15 is 0 Å². The molecule has 0 saturated carbocycles. The van der Waals surface area contributed by atoms with Crippen molar-refractivity contribution in [3.05, 3.63) is 35.4 Å². The molecule has 1 aliphatic rings. The van der Waals surface area contributed by atoms with Gasteiger partial charge in [0.2, 0.25) is 0 Å². The number of aliphatic carboxylic acids is 1. The van der Waals surface area contributed by atoms with Crippen molar-refractivity contribution >= 4 is 5.97 Å². The van der Waals surface area contributed by atoms with Gasteiger partial charge in [0.15, 0.2) is 0 Å². The SMILES string of the molecule is CCCc1ccc(C(C)(C(=O)O)N2CCNCC2)cc1. The third kappa shape index (κ3) is 2.86. The number of benzene rings is 1. The monoisotopic (exact) mass is 276 g/mol. The Morgan fingerprint density at radius 3 is 2.40 bits per heavy atom. The van der Waals surface area contributed by atoms with Crippen LogP contribution in [0.1, 0.15) is 31.4 Å². The number of piperazine rings is 1. The summed E-state index contributed by atoms with van der Waals surface area (Å²) < 4.78 is 0. The molecule has 1 saturated heterocycles. The van der Waals surface area contributed by atoms with Crippen LogP contribution in [-0.4, -0.2) is 42.2 Å². The minimum atomic E-state index is -0.938. The highest BCUT2D eigenvalue weighted by atomic mass is 16.4. The maximum absolute atomic E-state index is 11.9. The number of rotatable bonds is 5. The van der Waals surface area contributed by atoms with Gasteiger partial charge < -0.3 is 10.4 Å². The summed E-state index contributed by atoms with van der Waals surface area (Å²) in [5, 5.41) is 13.0. The average molecular weight is 276 g/mol. The highest BCUT2D eigenvalue weighted by Gasteiger charge is 2.41. The lowest BCUT2D eigenvalue weighted by atomic mass is 9.88. The highest BCUT2D eigenvalue weighted by molar-refractivity contribution is 5.80. The molecule has 0 aromatic heterocycles. The molecule has 0 aliphatic carbocycles. The van der Waals surface area contributed by atoms with Gasteiger partial charge in [0.25, 0.3) is 0 Å². The molecule has 2 rings (SSSR count). The Hall–Kier alpha value is -1.39. The minimum Gasteiger partial charge on any atom is -0.480 e. The standard InChI is InChI=1S/C16H24N2O2/c1-3-4-13-5-7-14(8-6-13)16(2,15(19)20)18-11-9-17-10-12-18/h5-8,17H,3-4,9-12H2,1-2H3,(H,19,20). The van der Waals surface area contributed by atoms with Gasteiger partial charge in [0.1, 0.15) is 5.54 Å². The summed E-state index contributed by atoms with van der Waals surface area (Å²) in [6.07, 6.45) is 2.14. The number of nitrogens with zero attached hydrogens (tertiary/aromatic N) is 1. The van der Waals surface area contributed by atoms with Crippen LogP contribution in [0.3, 0.4) is 0 Å². The Labute approximate surface area is 120 Å². The predicted octanol–water partition coefficient (Wildman–Crippen LogP) is 1.84. The van der Waals surface area contributed by atoms with Crippen molar-refractivity contribution in [3.8, 4) is 0 Å². The zero-order valence-electron chi connectivity index (χ0n) is 12.4. The van der Waals surface area contributed by atoms with Crippen LogP contribution >= 0.6 is 0 Å². The van der Waals surface area contributed by atoms with Crippen molar-refractivity contribution in [2.24, 2.45) is 0 Å². The highest BCUT2D eigenvalue weighted by Crippen LogP contribution is 2.29. The van der Waals surface area contributed by atoms with Gasteiger partial charge in [-0.25, -0.2) is 4.79 Å². The maximum atomic E-state index is 11.9. The number of carbonyl (C=O) groups is 1. The molecule has 2 N–H and O–H groups in total. The Bertz CT molecular complexity index is 452. The van der Waals surface area contributed by atoms with Crippen LogP contribution < -0.4 is 5.32 Å². The largest absolute Gasteiger partial charge is 0.480 e. The minimum absolute atomic E-state index is 0.763. The van der Waals surface area contributed by atoms with E-state index in [1.807, 2.05) is 19.1 Å². The summed E-state index contributed by atoms with van der Waals surface area (Å²) in [6.45, 7) is 7.18. The fourth-order valence-corrected chi connectivity index (χ4v) is 2.84. The molecule has 4 nitrogen and oxygen atoms in total. The second kappa shape index (κ2) is 6.37. The van der Waals surface area contributed by atoms with E-state index in [1.165, 1.54) is 5.56 Å². The lowest BCUT2D eigenvalue weighted by molar-refractivity contribution is -0.151. The van der Waals surface area contributed by atoms with E-state index in [1.54, 1.807) is 0 Å². The lowest BCUT2D eigenvalue weighted by Crippen LogP contribution is -2.56. The topological polar surface area (TPSA) is 52.6 Å². The van der Waals surface area contributed by atoms with Gasteiger partial charge in [-0.2, -0.15) is 0 Å². The van der Waals surface area contributed by atoms with Crippen molar-refractivity contribution in [2.75, 3.05) is 26.2 Å². The number of hydrogen-bond acceptors (Lipinski definition) is 3. The molecule has 4 heteroatoms. The fraction of sp³-hybridized carbons (Fsp3) is 0.562. The third-order valence-electron chi connectivity index (χ3n) is 4.22. The summed E-state index contributed by atoms with van der Waals surface area (Å²) in [6, 6.07) is 8.06. The number of carboxylic acid groups (broad SMARTS) is 1. The first-order valence-electron chi connectivity index (χ1n) is 7.37. The molecule has 0 bridgehead atoms. The zero-order chi connectivity index (χ0) is 14.6. The summed E-state index contributed by atoms with van der Waals surface area (Å²) in [5.74, 6) is -0.775. The first-order valence-corrected chi connectivity index (χ1v) is 7.37. The van der Waals surface area contributed by atoms with Gasteiger partial charge in [-0.3, -0.25) is 4.90 Å². The van der Waals surface area contributed by atoms with Crippen molar-refractivity contribution in [1.82, 2.24) is 10.2 Å². The first kappa shape index (κ1) is 15.0. The van der Waals surface area contributed by atoms with Crippen molar-refractivity contribution in [3.63, 3.8) is 0 Å². The molecule has 0 amide bonds. The molecule has 1 atom stereocenters. The smallest absolute Gasteiger partial charge is 0.328 e. The predicted molar refractivity (Wildman–Crippen MR) is 79.9 cm³/mol. The quantitative estimate of drug-likeness (QED) is 0.861. The number of hydrogen-bond donors (Lipinski definition) is 2. The van der Waals surface area contributed by atoms with Crippen molar-refractivity contribution in [2.45, 2.75) is 32.2 Å². The molecular formula is C16H24N2O2. The van der Waals surface area contributed by atoms with Crippen molar-refractivity contribution in [1.29, 1.82) is 0 Å². The van der Waals surface area contributed by atoms with E-state index in [0.29, 0.717) is 0 Å². The fourth-order valence-electron chi connectivity index (χ4n) is 2.84. The Morgan fingerprint density at radius 1 is 1.30 bits per heavy atom. The van der Waals surface area contributed by atoms with Gasteiger partial charge in [-0.1, -0.05) is 37.6 Å². The maximum Gasteiger partial charge on any atom is 0.328 e. The van der Waals surface area contributed by atoms with Crippen molar-refractivity contribution < 1.29 is 9.90 Å². The summed E-state index contributed by atoms with van der Waals surface area (Å²) in [5.41, 5.74) is 1.20. The van der Waals surface area contributed by atoms with Crippen LogP contribution in [0, 0.1) is 0 Å². The van der Waals surface area contributed by atoms with Crippen LogP contribution in [0.4, 0.5) is 0 Å². The van der Waals surface area contributed by atoms with Gasteiger partial charge >= 0.3 is 5.97 Å². The zero-order valence-corrected chi connectivity index (χ0v) is 12.4. The molecule has 1 aromatic carbocycles. The molecule has 1 unspecified atom stereocenters. The van der Waals surface area contributed by atoms with E-state index in [4.69, 9.17) is 0 Å². The van der Waals surface area contributed by atoms with E-state index in [2.05, 4.69) is 29.3 Å². The van der Waals surface area contributed by atoms with E-state index < -0.39 is 11.5 Å². The Morgan fingerprint density at radius 2 is 1.90 bits per heavy atom. The number of nitrogens with one attached hydrogen (secondary N) is 1. The van der Waals surface area contributed by atoms with Gasteiger partial charge in [-0.05, 0) is 24.5 Å². The first-order chi connectivity index (χ1) is 9.59. The van der Waals surface area contributed by atoms with E-state index in [-0.39, 0.29) is 0 Å². The van der Waals surface area contributed by atoms with Gasteiger partial charge in [-0.15, -0.1) is 0 Å². The van der Waals surface area contributed by atoms with Crippen LogP contribution in [0.25, 0.3) is 0 Å². The second-order valence-electron chi connectivity index (χ2n) is 5.56. The van der Waals surface area contributed by atoms with Crippen LogP contribution in [-0.2, 0) is 16.8 Å². The average Bonchev–Trinajstić information content (AvgIpc) is 2.48. The molecular weight excluding hydrogens is 252 g/mol. The summed E-state index contributed by atoms with van der Waals surface area (Å²) >= 11 is 0. The Balaban J connectivity index is 2.29. The second-order valence-corrected chi connectivity index (χ2v) is 5.56. The summed E-state index contributed by atoms with van der Waals surface area (Å²) in [7, 11) is 0. The van der Waals surface area contributed by atoms with Crippen LogP contribution in [0.2, 0.25) is 0 Å². The normalized spacial score (nSPS) is 19.5. The molecule has 110 valence electrons. The van der Waals surface area contributed by atoms with Gasteiger partial charge in [0.05, 0.1) is 0 Å². The molecule has 0 spiro atoms. The lowest BCUT2D eigenvalue weighted by Gasteiger charge is -2.40. The third-order valence-corrected chi connectivity index (χ3v) is 4.22. The number of carboxylic acids is 1. The Kier molecular flexibility index (Phi) is 4.78. The molecule has 20 heavy (non-hydrogen) atoms. The summed E-state index contributed by atoms with van der Waals surface area (Å²) in [4.78, 5) is 13.9. The van der Waals surface area contributed by atoms with Gasteiger partial charge in [0, 0.05) is 26.2 Å². The molecule has 1 aromatic rings. The molecule has 0 radical (unpaired) electrons. The molecule has 1 heterocycles. The van der Waals surface area contributed by atoms with E-state index in [9.17, 15) is 9.90 Å². The van der Waals surface area contributed by atoms with E-state index in [0.717, 1.165) is 44.6 Å². The number of aryl methyl sites for hydroxylation is 1.